The van der Waals surface area contributed by atoms with Gasteiger partial charge in [0.15, 0.2) is 0 Å². The fourth-order valence-electron chi connectivity index (χ4n) is 4.39. The molecule has 0 atom stereocenters. The van der Waals surface area contributed by atoms with Gasteiger partial charge in [0, 0.05) is 57.1 Å². The first-order valence-corrected chi connectivity index (χ1v) is 13.7. The van der Waals surface area contributed by atoms with E-state index in [4.69, 9.17) is 16.3 Å². The lowest BCUT2D eigenvalue weighted by Gasteiger charge is -2.31. The summed E-state index contributed by atoms with van der Waals surface area (Å²) in [5.41, 5.74) is 5.73. The number of rotatable bonds is 6. The largest absolute Gasteiger partial charge is 0.471 e. The minimum Gasteiger partial charge on any atom is -0.345 e. The van der Waals surface area contributed by atoms with Crippen LogP contribution < -0.4 is 21.7 Å². The number of carbonyl (C=O) groups is 2. The Morgan fingerprint density at radius 2 is 1.10 bits per heavy atom. The molecule has 0 radical (unpaired) electrons. The first-order chi connectivity index (χ1) is 19.3. The number of piperidine rings is 3. The number of nitrogens with two attached hydrogens (primary N) is 1. The number of amides is 2. The van der Waals surface area contributed by atoms with Gasteiger partial charge in [-0.25, -0.2) is 0 Å². The molecular formula is C25H40F6N8O2. The Hall–Kier alpha value is -2.66. The molecule has 0 unspecified atom stereocenters. The van der Waals surface area contributed by atoms with Crippen LogP contribution in [0.3, 0.4) is 0 Å². The molecule has 5 N–H and O–H groups in total. The van der Waals surface area contributed by atoms with Crippen LogP contribution in [0, 0.1) is 22.7 Å². The molecule has 3 rings (SSSR count). The minimum atomic E-state index is -4.81. The number of hydrogen-bond acceptors (Lipinski definition) is 8. The minimum absolute atomic E-state index is 0.338. The molecule has 16 heteroatoms. The van der Waals surface area contributed by atoms with Gasteiger partial charge < -0.3 is 31.5 Å². The molecule has 0 aromatic carbocycles. The van der Waals surface area contributed by atoms with Gasteiger partial charge in [-0.3, -0.25) is 9.59 Å². The van der Waals surface area contributed by atoms with Crippen molar-refractivity contribution in [1.29, 1.82) is 10.5 Å². The van der Waals surface area contributed by atoms with E-state index in [0.29, 0.717) is 77.3 Å². The number of nitrogens with zero attached hydrogens (tertiary/aromatic N) is 4. The van der Waals surface area contributed by atoms with Gasteiger partial charge in [0.25, 0.3) is 0 Å². The number of nitriles is 2. The average molecular weight is 599 g/mol. The number of likely N-dealkylation sites (tertiary alicyclic amines) is 2. The SMILES string of the molecule is N#CCCN1CCC(N)CC1.N#CCCN1CCC(NC(=O)C(F)(F)F)CC1.O=C(NC1CCNCC1)C(F)(F)F. The van der Waals surface area contributed by atoms with E-state index in [1.165, 1.54) is 0 Å². The molecule has 234 valence electrons. The molecule has 41 heavy (non-hydrogen) atoms. The van der Waals surface area contributed by atoms with Crippen molar-refractivity contribution >= 4 is 11.8 Å². The second-order valence-corrected chi connectivity index (χ2v) is 10.1. The Morgan fingerprint density at radius 1 is 0.732 bits per heavy atom. The molecule has 3 fully saturated rings. The maximum atomic E-state index is 12.0. The third-order valence-corrected chi connectivity index (χ3v) is 6.82. The molecule has 0 saturated carbocycles. The van der Waals surface area contributed by atoms with Crippen LogP contribution in [-0.2, 0) is 9.59 Å². The Kier molecular flexibility index (Phi) is 16.6. The first kappa shape index (κ1) is 36.4. The van der Waals surface area contributed by atoms with E-state index in [1.54, 1.807) is 0 Å². The molecule has 0 aromatic heterocycles. The van der Waals surface area contributed by atoms with Crippen LogP contribution in [0.15, 0.2) is 0 Å². The molecular weight excluding hydrogens is 558 g/mol. The lowest BCUT2D eigenvalue weighted by Crippen LogP contribution is -2.48. The average Bonchev–Trinajstić information content (AvgIpc) is 2.92. The van der Waals surface area contributed by atoms with E-state index < -0.39 is 30.2 Å². The van der Waals surface area contributed by atoms with Crippen molar-refractivity contribution in [2.75, 3.05) is 52.4 Å². The van der Waals surface area contributed by atoms with Crippen LogP contribution in [0.5, 0.6) is 0 Å². The number of carbonyl (C=O) groups excluding carboxylic acids is 2. The zero-order chi connectivity index (χ0) is 30.9. The number of halogens is 6. The summed E-state index contributed by atoms with van der Waals surface area (Å²) in [6, 6.07) is 3.82. The fourth-order valence-corrected chi connectivity index (χ4v) is 4.39. The Labute approximate surface area is 236 Å². The molecule has 0 bridgehead atoms. The molecule has 3 saturated heterocycles. The third-order valence-electron chi connectivity index (χ3n) is 6.82. The van der Waals surface area contributed by atoms with Crippen molar-refractivity contribution in [3.8, 4) is 12.1 Å². The normalized spacial score (nSPS) is 19.8. The van der Waals surface area contributed by atoms with Crippen LogP contribution in [0.4, 0.5) is 26.3 Å². The maximum Gasteiger partial charge on any atom is 0.471 e. The van der Waals surface area contributed by atoms with Crippen molar-refractivity contribution in [3.05, 3.63) is 0 Å². The quantitative estimate of drug-likeness (QED) is 0.338. The van der Waals surface area contributed by atoms with Crippen molar-refractivity contribution in [2.45, 2.75) is 81.8 Å². The lowest BCUT2D eigenvalue weighted by molar-refractivity contribution is -0.174. The van der Waals surface area contributed by atoms with Gasteiger partial charge in [-0.05, 0) is 64.7 Å². The van der Waals surface area contributed by atoms with Gasteiger partial charge in [-0.2, -0.15) is 36.9 Å². The number of hydrogen-bond donors (Lipinski definition) is 4. The van der Waals surface area contributed by atoms with E-state index >= 15 is 0 Å². The highest BCUT2D eigenvalue weighted by atomic mass is 19.4. The summed E-state index contributed by atoms with van der Waals surface area (Å²) in [5, 5.41) is 23.7. The fraction of sp³-hybridized carbons (Fsp3) is 0.840. The van der Waals surface area contributed by atoms with Crippen LogP contribution in [0.2, 0.25) is 0 Å². The van der Waals surface area contributed by atoms with Crippen molar-refractivity contribution in [1.82, 2.24) is 25.8 Å². The Bertz CT molecular complexity index is 852. The smallest absolute Gasteiger partial charge is 0.345 e. The molecule has 10 nitrogen and oxygen atoms in total. The van der Waals surface area contributed by atoms with Gasteiger partial charge >= 0.3 is 24.2 Å². The van der Waals surface area contributed by atoms with Crippen molar-refractivity contribution in [2.24, 2.45) is 5.73 Å². The van der Waals surface area contributed by atoms with E-state index in [2.05, 4.69) is 16.3 Å². The molecule has 2 amide bonds. The highest BCUT2D eigenvalue weighted by Crippen LogP contribution is 2.18. The highest BCUT2D eigenvalue weighted by molar-refractivity contribution is 5.82. The van der Waals surface area contributed by atoms with Gasteiger partial charge in [0.2, 0.25) is 0 Å². The van der Waals surface area contributed by atoms with Gasteiger partial charge in [0.05, 0.1) is 12.1 Å². The van der Waals surface area contributed by atoms with Crippen molar-refractivity contribution < 1.29 is 35.9 Å². The summed E-state index contributed by atoms with van der Waals surface area (Å²) in [6.45, 7) is 6.24. The molecule has 0 aromatic rings. The van der Waals surface area contributed by atoms with Crippen LogP contribution in [0.1, 0.15) is 51.4 Å². The predicted molar refractivity (Wildman–Crippen MR) is 138 cm³/mol. The van der Waals surface area contributed by atoms with Crippen molar-refractivity contribution in [3.63, 3.8) is 0 Å². The summed E-state index contributed by atoms with van der Waals surface area (Å²) < 4.78 is 71.3. The van der Waals surface area contributed by atoms with Gasteiger partial charge in [0.1, 0.15) is 0 Å². The second kappa shape index (κ2) is 18.7. The molecule has 0 aliphatic carbocycles. The summed E-state index contributed by atoms with van der Waals surface area (Å²) in [7, 11) is 0. The zero-order valence-corrected chi connectivity index (χ0v) is 23.0. The number of alkyl halides is 6. The van der Waals surface area contributed by atoms with E-state index in [0.717, 1.165) is 32.5 Å². The molecule has 3 aliphatic rings. The molecule has 3 aliphatic heterocycles. The first-order valence-electron chi connectivity index (χ1n) is 13.7. The summed E-state index contributed by atoms with van der Waals surface area (Å²) >= 11 is 0. The van der Waals surface area contributed by atoms with Crippen LogP contribution >= 0.6 is 0 Å². The molecule has 0 spiro atoms. The van der Waals surface area contributed by atoms with Gasteiger partial charge in [-0.1, -0.05) is 0 Å². The third kappa shape index (κ3) is 16.4. The Balaban J connectivity index is 0.000000316. The van der Waals surface area contributed by atoms with E-state index in [1.807, 2.05) is 21.6 Å². The Morgan fingerprint density at radius 3 is 1.46 bits per heavy atom. The standard InChI is InChI=1S/C10H14F3N3O.C8H15N3.C7H11F3N2O/c11-10(12,13)9(17)15-8-2-6-16(7-3-8)5-1-4-14;9-4-1-5-11-6-2-8(10)3-7-11;8-7(9,10)6(13)12-5-1-3-11-4-2-5/h8H,1-3,5-7H2,(H,15,17);8H,1-3,5-7,10H2;5,11H,1-4H2,(H,12,13). The zero-order valence-electron chi connectivity index (χ0n) is 23.0. The number of nitrogens with one attached hydrogen (secondary N) is 3. The molecule has 3 heterocycles. The highest BCUT2D eigenvalue weighted by Gasteiger charge is 2.40. The summed E-state index contributed by atoms with van der Waals surface area (Å²) in [6.07, 6.45) is -4.22. The maximum absolute atomic E-state index is 12.0. The monoisotopic (exact) mass is 598 g/mol. The van der Waals surface area contributed by atoms with E-state index in [-0.39, 0.29) is 6.04 Å². The van der Waals surface area contributed by atoms with Crippen LogP contribution in [0.25, 0.3) is 0 Å². The lowest BCUT2D eigenvalue weighted by atomic mass is 10.0. The second-order valence-electron chi connectivity index (χ2n) is 10.1. The predicted octanol–water partition coefficient (Wildman–Crippen LogP) is 1.78. The van der Waals surface area contributed by atoms with Crippen LogP contribution in [-0.4, -0.2) is 104 Å². The topological polar surface area (TPSA) is 150 Å². The summed E-state index contributed by atoms with van der Waals surface area (Å²) in [4.78, 5) is 25.5. The van der Waals surface area contributed by atoms with Gasteiger partial charge in [-0.15, -0.1) is 0 Å². The summed E-state index contributed by atoms with van der Waals surface area (Å²) in [5.74, 6) is -3.70. The van der Waals surface area contributed by atoms with E-state index in [9.17, 15) is 35.9 Å².